The van der Waals surface area contributed by atoms with Gasteiger partial charge >= 0.3 is 0 Å². The summed E-state index contributed by atoms with van der Waals surface area (Å²) in [5.41, 5.74) is 0.0745. The minimum Gasteiger partial charge on any atom is -0.323 e. The van der Waals surface area contributed by atoms with Gasteiger partial charge in [0.25, 0.3) is 0 Å². The van der Waals surface area contributed by atoms with Crippen molar-refractivity contribution in [2.75, 3.05) is 18.4 Å². The van der Waals surface area contributed by atoms with Crippen LogP contribution in [0.15, 0.2) is 40.0 Å². The summed E-state index contributed by atoms with van der Waals surface area (Å²) in [6.45, 7) is 0.398. The Balaban J connectivity index is 1.72. The molecule has 0 spiro atoms. The second kappa shape index (κ2) is 7.45. The molecule has 1 unspecified atom stereocenters. The van der Waals surface area contributed by atoms with Crippen molar-refractivity contribution in [3.05, 3.63) is 40.9 Å². The zero-order chi connectivity index (χ0) is 18.9. The van der Waals surface area contributed by atoms with E-state index in [1.54, 1.807) is 13.1 Å². The van der Waals surface area contributed by atoms with E-state index in [2.05, 4.69) is 26.3 Å². The van der Waals surface area contributed by atoms with Gasteiger partial charge < -0.3 is 5.32 Å². The maximum absolute atomic E-state index is 13.9. The van der Waals surface area contributed by atoms with Gasteiger partial charge in [-0.15, -0.1) is 0 Å². The van der Waals surface area contributed by atoms with Gasteiger partial charge in [0, 0.05) is 30.8 Å². The molecule has 2 aromatic rings. The van der Waals surface area contributed by atoms with Crippen LogP contribution in [0.4, 0.5) is 10.1 Å². The van der Waals surface area contributed by atoms with E-state index >= 15 is 0 Å². The third-order valence-corrected chi connectivity index (χ3v) is 6.57. The van der Waals surface area contributed by atoms with Gasteiger partial charge in [0.1, 0.15) is 10.7 Å². The first-order chi connectivity index (χ1) is 12.3. The van der Waals surface area contributed by atoms with Crippen LogP contribution in [-0.2, 0) is 21.9 Å². The predicted octanol–water partition coefficient (Wildman–Crippen LogP) is 2.36. The number of benzene rings is 1. The second-order valence-corrected chi connectivity index (χ2v) is 9.02. The lowest BCUT2D eigenvalue weighted by atomic mass is 9.98. The number of anilines is 1. The molecule has 1 N–H and O–H groups in total. The number of hydrogen-bond acceptors (Lipinski definition) is 4. The molecule has 1 fully saturated rings. The quantitative estimate of drug-likeness (QED) is 0.784. The van der Waals surface area contributed by atoms with E-state index < -0.39 is 27.7 Å². The van der Waals surface area contributed by atoms with Crippen LogP contribution in [0.25, 0.3) is 0 Å². The standard InChI is InChI=1S/C16H18BrFN4O3S/c1-21-10-13(8-19-21)26(24,25)22-6-2-3-11(9-22)16(23)20-15-5-4-12(17)7-14(15)18/h4-5,7-8,10-11H,2-3,6,9H2,1H3,(H,20,23). The molecule has 2 heterocycles. The SMILES string of the molecule is Cn1cc(S(=O)(=O)N2CCCC(C(=O)Nc3ccc(Br)cc3F)C2)cn1. The Bertz CT molecular complexity index is 931. The Hall–Kier alpha value is -1.78. The topological polar surface area (TPSA) is 84.3 Å². The average molecular weight is 445 g/mol. The molecule has 0 bridgehead atoms. The Morgan fingerprint density at radius 2 is 2.19 bits per heavy atom. The number of piperidine rings is 1. The number of aromatic nitrogens is 2. The smallest absolute Gasteiger partial charge is 0.246 e. The highest BCUT2D eigenvalue weighted by Gasteiger charge is 2.34. The fraction of sp³-hybridized carbons (Fsp3) is 0.375. The molecule has 7 nitrogen and oxygen atoms in total. The lowest BCUT2D eigenvalue weighted by Crippen LogP contribution is -2.43. The summed E-state index contributed by atoms with van der Waals surface area (Å²) in [6, 6.07) is 4.35. The molecular weight excluding hydrogens is 427 g/mol. The van der Waals surface area contributed by atoms with Gasteiger partial charge in [-0.1, -0.05) is 15.9 Å². The summed E-state index contributed by atoms with van der Waals surface area (Å²) in [5.74, 6) is -1.49. The normalized spacial score (nSPS) is 18.7. The van der Waals surface area contributed by atoms with Crippen molar-refractivity contribution in [1.29, 1.82) is 0 Å². The molecule has 1 aliphatic rings. The zero-order valence-corrected chi connectivity index (χ0v) is 16.4. The summed E-state index contributed by atoms with van der Waals surface area (Å²) in [4.78, 5) is 12.6. The predicted molar refractivity (Wildman–Crippen MR) is 97.4 cm³/mol. The fourth-order valence-electron chi connectivity index (χ4n) is 2.88. The lowest BCUT2D eigenvalue weighted by molar-refractivity contribution is -0.120. The van der Waals surface area contributed by atoms with Crippen LogP contribution >= 0.6 is 15.9 Å². The van der Waals surface area contributed by atoms with Gasteiger partial charge in [0.05, 0.1) is 17.8 Å². The Kier molecular flexibility index (Phi) is 5.44. The van der Waals surface area contributed by atoms with Crippen molar-refractivity contribution in [2.45, 2.75) is 17.7 Å². The summed E-state index contributed by atoms with van der Waals surface area (Å²) in [7, 11) is -2.07. The Morgan fingerprint density at radius 1 is 1.42 bits per heavy atom. The van der Waals surface area contributed by atoms with E-state index in [-0.39, 0.29) is 17.1 Å². The van der Waals surface area contributed by atoms with Crippen molar-refractivity contribution in [1.82, 2.24) is 14.1 Å². The molecular formula is C16H18BrFN4O3S. The van der Waals surface area contributed by atoms with Crippen LogP contribution in [0.2, 0.25) is 0 Å². The molecule has 1 atom stereocenters. The lowest BCUT2D eigenvalue weighted by Gasteiger charge is -2.30. The van der Waals surface area contributed by atoms with Gasteiger partial charge in [-0.2, -0.15) is 9.40 Å². The summed E-state index contributed by atoms with van der Waals surface area (Å²) in [6.07, 6.45) is 3.82. The van der Waals surface area contributed by atoms with Crippen LogP contribution < -0.4 is 5.32 Å². The van der Waals surface area contributed by atoms with Gasteiger partial charge in [-0.25, -0.2) is 12.8 Å². The number of sulfonamides is 1. The first kappa shape index (κ1) is 19.0. The molecule has 1 amide bonds. The molecule has 10 heteroatoms. The van der Waals surface area contributed by atoms with Gasteiger partial charge in [0.2, 0.25) is 15.9 Å². The number of carbonyl (C=O) groups is 1. The number of carbonyl (C=O) groups excluding carboxylic acids is 1. The molecule has 3 rings (SSSR count). The number of halogens is 2. The average Bonchev–Trinajstić information content (AvgIpc) is 3.05. The molecule has 1 aromatic carbocycles. The molecule has 26 heavy (non-hydrogen) atoms. The summed E-state index contributed by atoms with van der Waals surface area (Å²) in [5, 5.41) is 6.44. The van der Waals surface area contributed by atoms with E-state index in [0.29, 0.717) is 23.9 Å². The van der Waals surface area contributed by atoms with Crippen molar-refractivity contribution < 1.29 is 17.6 Å². The van der Waals surface area contributed by atoms with Crippen molar-refractivity contribution in [2.24, 2.45) is 13.0 Å². The van der Waals surface area contributed by atoms with Gasteiger partial charge in [-0.05, 0) is 31.0 Å². The number of nitrogens with one attached hydrogen (secondary N) is 1. The minimum absolute atomic E-state index is 0.0568. The highest BCUT2D eigenvalue weighted by molar-refractivity contribution is 9.10. The number of hydrogen-bond donors (Lipinski definition) is 1. The first-order valence-corrected chi connectivity index (χ1v) is 10.3. The third-order valence-electron chi connectivity index (χ3n) is 4.26. The minimum atomic E-state index is -3.70. The second-order valence-electron chi connectivity index (χ2n) is 6.17. The van der Waals surface area contributed by atoms with E-state index in [0.717, 1.165) is 0 Å². The van der Waals surface area contributed by atoms with E-state index in [4.69, 9.17) is 0 Å². The van der Waals surface area contributed by atoms with E-state index in [9.17, 15) is 17.6 Å². The van der Waals surface area contributed by atoms with Gasteiger partial charge in [0.15, 0.2) is 0 Å². The number of rotatable bonds is 4. The van der Waals surface area contributed by atoms with Crippen LogP contribution in [0.1, 0.15) is 12.8 Å². The maximum Gasteiger partial charge on any atom is 0.246 e. The molecule has 0 saturated carbocycles. The summed E-state index contributed by atoms with van der Waals surface area (Å²) < 4.78 is 42.6. The van der Waals surface area contributed by atoms with Crippen LogP contribution in [0.5, 0.6) is 0 Å². The molecule has 1 saturated heterocycles. The van der Waals surface area contributed by atoms with Crippen molar-refractivity contribution in [3.63, 3.8) is 0 Å². The van der Waals surface area contributed by atoms with Crippen molar-refractivity contribution >= 4 is 37.5 Å². The number of aryl methyl sites for hydroxylation is 1. The molecule has 1 aromatic heterocycles. The van der Waals surface area contributed by atoms with Crippen molar-refractivity contribution in [3.8, 4) is 0 Å². The van der Waals surface area contributed by atoms with Crippen LogP contribution in [0, 0.1) is 11.7 Å². The molecule has 1 aliphatic heterocycles. The fourth-order valence-corrected chi connectivity index (χ4v) is 4.72. The van der Waals surface area contributed by atoms with Gasteiger partial charge in [-0.3, -0.25) is 9.48 Å². The van der Waals surface area contributed by atoms with E-state index in [1.807, 2.05) is 0 Å². The summed E-state index contributed by atoms with van der Waals surface area (Å²) >= 11 is 3.16. The molecule has 0 radical (unpaired) electrons. The molecule has 0 aliphatic carbocycles. The van der Waals surface area contributed by atoms with E-state index in [1.165, 1.54) is 33.5 Å². The van der Waals surface area contributed by atoms with Crippen LogP contribution in [0.3, 0.4) is 0 Å². The largest absolute Gasteiger partial charge is 0.323 e. The highest BCUT2D eigenvalue weighted by Crippen LogP contribution is 2.25. The zero-order valence-electron chi connectivity index (χ0n) is 14.0. The van der Waals surface area contributed by atoms with Crippen LogP contribution in [-0.4, -0.2) is 41.5 Å². The maximum atomic E-state index is 13.9. The third kappa shape index (κ3) is 3.97. The Morgan fingerprint density at radius 3 is 2.85 bits per heavy atom. The first-order valence-electron chi connectivity index (χ1n) is 8.02. The highest BCUT2D eigenvalue weighted by atomic mass is 79.9. The monoisotopic (exact) mass is 444 g/mol. The molecule has 140 valence electrons. The number of amides is 1. The number of nitrogens with zero attached hydrogens (tertiary/aromatic N) is 3. The Labute approximate surface area is 159 Å².